The molecule has 0 fully saturated rings. The van der Waals surface area contributed by atoms with E-state index in [-0.39, 0.29) is 6.04 Å². The number of sulfonamides is 1. The molecule has 0 amide bonds. The fourth-order valence-corrected chi connectivity index (χ4v) is 4.38. The molecule has 0 aliphatic carbocycles. The summed E-state index contributed by atoms with van der Waals surface area (Å²) in [4.78, 5) is 4.98. The molecule has 2 N–H and O–H groups in total. The molecule has 0 aliphatic rings. The number of pyridine rings is 1. The first kappa shape index (κ1) is 15.1. The van der Waals surface area contributed by atoms with E-state index in [0.717, 1.165) is 10.4 Å². The predicted molar refractivity (Wildman–Crippen MR) is 80.1 cm³/mol. The van der Waals surface area contributed by atoms with Crippen LogP contribution < -0.4 is 10.0 Å². The Kier molecular flexibility index (Phi) is 4.87. The lowest BCUT2D eigenvalue weighted by Gasteiger charge is -2.13. The van der Waals surface area contributed by atoms with Crippen molar-refractivity contribution < 1.29 is 8.42 Å². The van der Waals surface area contributed by atoms with E-state index < -0.39 is 10.0 Å². The quantitative estimate of drug-likeness (QED) is 0.855. The van der Waals surface area contributed by atoms with E-state index in [4.69, 9.17) is 0 Å². The van der Waals surface area contributed by atoms with E-state index in [9.17, 15) is 8.42 Å². The number of nitrogens with one attached hydrogen (secondary N) is 2. The SMILES string of the molecule is CNCc1ccc(S(=O)(=O)NC(C)c2cccnc2)s1. The number of thiophene rings is 1. The van der Waals surface area contributed by atoms with E-state index in [1.54, 1.807) is 31.5 Å². The van der Waals surface area contributed by atoms with Crippen LogP contribution in [0.4, 0.5) is 0 Å². The standard InChI is InChI=1S/C13H17N3O2S2/c1-10(11-4-3-7-15-8-11)16-20(17,18)13-6-5-12(19-13)9-14-2/h3-8,10,14,16H,9H2,1-2H3. The molecule has 1 atom stereocenters. The highest BCUT2D eigenvalue weighted by Crippen LogP contribution is 2.23. The minimum Gasteiger partial charge on any atom is -0.315 e. The summed E-state index contributed by atoms with van der Waals surface area (Å²) in [6, 6.07) is 6.78. The summed E-state index contributed by atoms with van der Waals surface area (Å²) in [7, 11) is -1.66. The lowest BCUT2D eigenvalue weighted by Crippen LogP contribution is -2.26. The number of nitrogens with zero attached hydrogens (tertiary/aromatic N) is 1. The van der Waals surface area contributed by atoms with Gasteiger partial charge in [-0.1, -0.05) is 6.07 Å². The van der Waals surface area contributed by atoms with E-state index in [1.165, 1.54) is 11.3 Å². The summed E-state index contributed by atoms with van der Waals surface area (Å²) in [6.07, 6.45) is 3.32. The van der Waals surface area contributed by atoms with E-state index in [1.807, 2.05) is 19.2 Å². The first-order valence-electron chi connectivity index (χ1n) is 6.18. The largest absolute Gasteiger partial charge is 0.315 e. The molecular formula is C13H17N3O2S2. The minimum absolute atomic E-state index is 0.316. The molecular weight excluding hydrogens is 294 g/mol. The van der Waals surface area contributed by atoms with Gasteiger partial charge in [-0.05, 0) is 37.7 Å². The summed E-state index contributed by atoms with van der Waals surface area (Å²) in [5.74, 6) is 0. The molecule has 108 valence electrons. The van der Waals surface area contributed by atoms with E-state index >= 15 is 0 Å². The molecule has 0 saturated heterocycles. The van der Waals surface area contributed by atoms with Gasteiger partial charge in [-0.3, -0.25) is 4.98 Å². The minimum atomic E-state index is -3.49. The van der Waals surface area contributed by atoms with Crippen molar-refractivity contribution in [1.82, 2.24) is 15.0 Å². The molecule has 2 aromatic heterocycles. The van der Waals surface area contributed by atoms with Crippen molar-refractivity contribution in [3.8, 4) is 0 Å². The maximum Gasteiger partial charge on any atom is 0.250 e. The number of rotatable bonds is 6. The molecule has 0 radical (unpaired) electrons. The molecule has 0 aromatic carbocycles. The smallest absolute Gasteiger partial charge is 0.250 e. The van der Waals surface area contributed by atoms with Gasteiger partial charge in [0.1, 0.15) is 4.21 Å². The zero-order chi connectivity index (χ0) is 14.6. The van der Waals surface area contributed by atoms with Crippen LogP contribution in [0.25, 0.3) is 0 Å². The highest BCUT2D eigenvalue weighted by atomic mass is 32.2. The average molecular weight is 311 g/mol. The van der Waals surface area contributed by atoms with E-state index in [2.05, 4.69) is 15.0 Å². The molecule has 1 unspecified atom stereocenters. The van der Waals surface area contributed by atoms with Gasteiger partial charge in [-0.25, -0.2) is 13.1 Å². The summed E-state index contributed by atoms with van der Waals surface area (Å²) < 4.78 is 27.6. The molecule has 0 bridgehead atoms. The first-order chi connectivity index (χ1) is 9.53. The van der Waals surface area contributed by atoms with Gasteiger partial charge in [0, 0.05) is 29.9 Å². The van der Waals surface area contributed by atoms with Crippen LogP contribution in [0.1, 0.15) is 23.4 Å². The van der Waals surface area contributed by atoms with Crippen LogP contribution in [-0.4, -0.2) is 20.4 Å². The van der Waals surface area contributed by atoms with Gasteiger partial charge in [-0.15, -0.1) is 11.3 Å². The molecule has 2 rings (SSSR count). The van der Waals surface area contributed by atoms with Gasteiger partial charge in [0.15, 0.2) is 0 Å². The van der Waals surface area contributed by atoms with Gasteiger partial charge in [0.2, 0.25) is 0 Å². The van der Waals surface area contributed by atoms with Crippen molar-refractivity contribution in [3.63, 3.8) is 0 Å². The summed E-state index contributed by atoms with van der Waals surface area (Å²) >= 11 is 1.27. The van der Waals surface area contributed by atoms with Crippen molar-refractivity contribution in [2.24, 2.45) is 0 Å². The topological polar surface area (TPSA) is 71.1 Å². The maximum absolute atomic E-state index is 12.3. The second-order valence-corrected chi connectivity index (χ2v) is 7.49. The zero-order valence-corrected chi connectivity index (χ0v) is 13.0. The normalized spacial score (nSPS) is 13.3. The van der Waals surface area contributed by atoms with Crippen molar-refractivity contribution in [1.29, 1.82) is 0 Å². The van der Waals surface area contributed by atoms with Gasteiger partial charge >= 0.3 is 0 Å². The van der Waals surface area contributed by atoms with Crippen LogP contribution in [0.3, 0.4) is 0 Å². The van der Waals surface area contributed by atoms with Crippen LogP contribution in [0.5, 0.6) is 0 Å². The Balaban J connectivity index is 2.14. The van der Waals surface area contributed by atoms with Crippen LogP contribution in [-0.2, 0) is 16.6 Å². The number of hydrogen-bond acceptors (Lipinski definition) is 5. The maximum atomic E-state index is 12.3. The third-order valence-electron chi connectivity index (χ3n) is 2.77. The molecule has 2 aromatic rings. The van der Waals surface area contributed by atoms with Gasteiger partial charge < -0.3 is 5.32 Å². The molecule has 5 nitrogen and oxygen atoms in total. The summed E-state index contributed by atoms with van der Waals surface area (Å²) in [5, 5.41) is 3.00. The summed E-state index contributed by atoms with van der Waals surface area (Å²) in [6.45, 7) is 2.47. The molecule has 2 heterocycles. The molecule has 0 spiro atoms. The Morgan fingerprint density at radius 1 is 1.35 bits per heavy atom. The van der Waals surface area contributed by atoms with Gasteiger partial charge in [-0.2, -0.15) is 0 Å². The predicted octanol–water partition coefficient (Wildman–Crippen LogP) is 1.90. The zero-order valence-electron chi connectivity index (χ0n) is 11.3. The Bertz CT molecular complexity index is 653. The van der Waals surface area contributed by atoms with Crippen molar-refractivity contribution in [3.05, 3.63) is 47.1 Å². The van der Waals surface area contributed by atoms with Crippen molar-refractivity contribution >= 4 is 21.4 Å². The third-order valence-corrected chi connectivity index (χ3v) is 5.89. The molecule has 0 saturated carbocycles. The number of hydrogen-bond donors (Lipinski definition) is 2. The monoisotopic (exact) mass is 311 g/mol. The fourth-order valence-electron chi connectivity index (χ4n) is 1.76. The van der Waals surface area contributed by atoms with Gasteiger partial charge in [0.25, 0.3) is 10.0 Å². The Morgan fingerprint density at radius 2 is 2.15 bits per heavy atom. The van der Waals surface area contributed by atoms with Crippen LogP contribution in [0.15, 0.2) is 40.9 Å². The summed E-state index contributed by atoms with van der Waals surface area (Å²) in [5.41, 5.74) is 0.836. The Labute approximate surface area is 123 Å². The Morgan fingerprint density at radius 3 is 2.80 bits per heavy atom. The second kappa shape index (κ2) is 6.45. The second-order valence-electron chi connectivity index (χ2n) is 4.38. The van der Waals surface area contributed by atoms with Crippen molar-refractivity contribution in [2.45, 2.75) is 23.7 Å². The third kappa shape index (κ3) is 3.63. The highest BCUT2D eigenvalue weighted by molar-refractivity contribution is 7.91. The van der Waals surface area contributed by atoms with Crippen molar-refractivity contribution in [2.75, 3.05) is 7.05 Å². The average Bonchev–Trinajstić information content (AvgIpc) is 2.89. The van der Waals surface area contributed by atoms with Crippen LogP contribution >= 0.6 is 11.3 Å². The molecule has 20 heavy (non-hydrogen) atoms. The first-order valence-corrected chi connectivity index (χ1v) is 8.48. The Hall–Kier alpha value is -1.28. The lowest BCUT2D eigenvalue weighted by molar-refractivity contribution is 0.568. The fraction of sp³-hybridized carbons (Fsp3) is 0.308. The van der Waals surface area contributed by atoms with Crippen LogP contribution in [0.2, 0.25) is 0 Å². The highest BCUT2D eigenvalue weighted by Gasteiger charge is 2.20. The van der Waals surface area contributed by atoms with Crippen LogP contribution in [0, 0.1) is 0 Å². The lowest BCUT2D eigenvalue weighted by atomic mass is 10.2. The number of aromatic nitrogens is 1. The van der Waals surface area contributed by atoms with E-state index in [0.29, 0.717) is 10.8 Å². The van der Waals surface area contributed by atoms with Gasteiger partial charge in [0.05, 0.1) is 0 Å². The molecule has 7 heteroatoms. The molecule has 0 aliphatic heterocycles.